The average molecular weight is 485 g/mol. The molecule has 1 fully saturated rings. The van der Waals surface area contributed by atoms with Gasteiger partial charge in [0.2, 0.25) is 15.3 Å². The zero-order valence-corrected chi connectivity index (χ0v) is 21.2. The van der Waals surface area contributed by atoms with Crippen molar-refractivity contribution in [1.29, 1.82) is 0 Å². The van der Waals surface area contributed by atoms with Crippen LogP contribution in [-0.4, -0.2) is 26.1 Å². The first-order valence-electron chi connectivity index (χ1n) is 12.1. The van der Waals surface area contributed by atoms with E-state index in [4.69, 9.17) is 0 Å². The normalized spacial score (nSPS) is 16.9. The zero-order chi connectivity index (χ0) is 24.6. The Kier molecular flexibility index (Phi) is 6.85. The molecule has 1 aliphatic rings. The van der Waals surface area contributed by atoms with Crippen molar-refractivity contribution in [3.05, 3.63) is 63.7 Å². The molecule has 182 valence electrons. The number of pyridine rings is 1. The Hall–Kier alpha value is -2.67. The summed E-state index contributed by atoms with van der Waals surface area (Å²) in [4.78, 5) is 15.3. The Bertz CT molecular complexity index is 1370. The van der Waals surface area contributed by atoms with Crippen molar-refractivity contribution in [2.45, 2.75) is 69.7 Å². The van der Waals surface area contributed by atoms with Crippen LogP contribution in [0.25, 0.3) is 10.9 Å². The number of aryl methyl sites for hydroxylation is 3. The first-order chi connectivity index (χ1) is 16.1. The molecule has 34 heavy (non-hydrogen) atoms. The van der Waals surface area contributed by atoms with Gasteiger partial charge in [0.15, 0.2) is 0 Å². The Morgan fingerprint density at radius 2 is 1.79 bits per heavy atom. The molecule has 1 aliphatic heterocycles. The number of benzene rings is 2. The number of halogens is 1. The standard InChI is InChI=1S/C27H33FN2O3S/c1-5-6-9-30-17-26(34(32,33)21-12-19(3)11-20(4)13-21)27(31)22-14-23(28)25(15-24(22)30)29-10-7-8-18(2)16-29/h11-15,17-18H,5-10,16H2,1-4H3/t18-/m0/s1. The summed E-state index contributed by atoms with van der Waals surface area (Å²) in [5.41, 5.74) is 2.01. The predicted molar refractivity (Wildman–Crippen MR) is 135 cm³/mol. The third kappa shape index (κ3) is 4.63. The van der Waals surface area contributed by atoms with E-state index in [1.807, 2.05) is 29.4 Å². The predicted octanol–water partition coefficient (Wildman–Crippen LogP) is 5.63. The maximum atomic E-state index is 15.3. The second kappa shape index (κ2) is 9.53. The molecular weight excluding hydrogens is 451 g/mol. The topological polar surface area (TPSA) is 59.4 Å². The van der Waals surface area contributed by atoms with Gasteiger partial charge in [0.05, 0.1) is 21.5 Å². The highest BCUT2D eigenvalue weighted by Crippen LogP contribution is 2.30. The molecule has 0 unspecified atom stereocenters. The van der Waals surface area contributed by atoms with Gasteiger partial charge in [0, 0.05) is 25.8 Å². The van der Waals surface area contributed by atoms with Crippen LogP contribution in [0.3, 0.4) is 0 Å². The third-order valence-electron chi connectivity index (χ3n) is 6.66. The lowest BCUT2D eigenvalue weighted by Crippen LogP contribution is -2.35. The van der Waals surface area contributed by atoms with Gasteiger partial charge < -0.3 is 9.47 Å². The smallest absolute Gasteiger partial charge is 0.211 e. The summed E-state index contributed by atoms with van der Waals surface area (Å²) >= 11 is 0. The summed E-state index contributed by atoms with van der Waals surface area (Å²) in [6.45, 7) is 9.94. The van der Waals surface area contributed by atoms with E-state index in [1.165, 1.54) is 12.3 Å². The summed E-state index contributed by atoms with van der Waals surface area (Å²) in [5.74, 6) is -0.0156. The minimum absolute atomic E-state index is 0.0860. The average Bonchev–Trinajstić information content (AvgIpc) is 2.77. The minimum atomic E-state index is -4.07. The number of sulfone groups is 1. The third-order valence-corrected chi connectivity index (χ3v) is 8.39. The first kappa shape index (κ1) is 24.5. The van der Waals surface area contributed by atoms with Gasteiger partial charge in [0.1, 0.15) is 10.7 Å². The van der Waals surface area contributed by atoms with Crippen molar-refractivity contribution in [3.63, 3.8) is 0 Å². The number of piperidine rings is 1. The summed E-state index contributed by atoms with van der Waals surface area (Å²) in [6, 6.07) is 7.99. The lowest BCUT2D eigenvalue weighted by atomic mass is 9.99. The molecule has 2 aromatic carbocycles. The number of rotatable bonds is 6. The van der Waals surface area contributed by atoms with E-state index in [-0.39, 0.29) is 15.2 Å². The molecule has 1 saturated heterocycles. The van der Waals surface area contributed by atoms with E-state index in [1.54, 1.807) is 18.2 Å². The zero-order valence-electron chi connectivity index (χ0n) is 20.4. The number of hydrogen-bond donors (Lipinski definition) is 0. The highest BCUT2D eigenvalue weighted by molar-refractivity contribution is 7.91. The number of fused-ring (bicyclic) bond motifs is 1. The van der Waals surface area contributed by atoms with E-state index >= 15 is 4.39 Å². The van der Waals surface area contributed by atoms with Crippen LogP contribution >= 0.6 is 0 Å². The van der Waals surface area contributed by atoms with Crippen LogP contribution in [0, 0.1) is 25.6 Å². The van der Waals surface area contributed by atoms with Crippen LogP contribution in [0.15, 0.2) is 51.1 Å². The number of aromatic nitrogens is 1. The number of unbranched alkanes of at least 4 members (excludes halogenated alkanes) is 1. The van der Waals surface area contributed by atoms with Gasteiger partial charge in [-0.25, -0.2) is 12.8 Å². The van der Waals surface area contributed by atoms with Gasteiger partial charge in [0.25, 0.3) is 0 Å². The Labute approximate surface area is 201 Å². The Morgan fingerprint density at radius 1 is 1.09 bits per heavy atom. The molecule has 0 spiro atoms. The molecule has 0 N–H and O–H groups in total. The van der Waals surface area contributed by atoms with Crippen LogP contribution in [-0.2, 0) is 16.4 Å². The molecule has 0 saturated carbocycles. The lowest BCUT2D eigenvalue weighted by Gasteiger charge is -2.33. The van der Waals surface area contributed by atoms with E-state index in [2.05, 4.69) is 13.8 Å². The van der Waals surface area contributed by atoms with Crippen molar-refractivity contribution in [2.24, 2.45) is 5.92 Å². The van der Waals surface area contributed by atoms with Crippen molar-refractivity contribution in [3.8, 4) is 0 Å². The van der Waals surface area contributed by atoms with Crippen molar-refractivity contribution in [1.82, 2.24) is 4.57 Å². The highest BCUT2D eigenvalue weighted by Gasteiger charge is 2.26. The molecule has 0 radical (unpaired) electrons. The highest BCUT2D eigenvalue weighted by atomic mass is 32.2. The fourth-order valence-corrected chi connectivity index (χ4v) is 6.50. The van der Waals surface area contributed by atoms with E-state index in [0.29, 0.717) is 23.7 Å². The molecule has 0 bridgehead atoms. The van der Waals surface area contributed by atoms with Crippen LogP contribution in [0.4, 0.5) is 10.1 Å². The molecule has 2 heterocycles. The molecule has 1 aromatic heterocycles. The summed E-state index contributed by atoms with van der Waals surface area (Å²) in [6.07, 6.45) is 5.29. The summed E-state index contributed by atoms with van der Waals surface area (Å²) in [7, 11) is -4.07. The lowest BCUT2D eigenvalue weighted by molar-refractivity contribution is 0.442. The monoisotopic (exact) mass is 484 g/mol. The van der Waals surface area contributed by atoms with E-state index < -0.39 is 21.1 Å². The fourth-order valence-electron chi connectivity index (χ4n) is 4.94. The minimum Gasteiger partial charge on any atom is -0.369 e. The molecule has 3 aromatic rings. The molecule has 1 atom stereocenters. The molecule has 5 nitrogen and oxygen atoms in total. The number of nitrogens with zero attached hydrogens (tertiary/aromatic N) is 2. The number of anilines is 1. The summed E-state index contributed by atoms with van der Waals surface area (Å²) < 4.78 is 44.2. The van der Waals surface area contributed by atoms with Gasteiger partial charge in [-0.2, -0.15) is 0 Å². The molecule has 7 heteroatoms. The Morgan fingerprint density at radius 3 is 2.44 bits per heavy atom. The van der Waals surface area contributed by atoms with Gasteiger partial charge in [-0.1, -0.05) is 26.3 Å². The van der Waals surface area contributed by atoms with Gasteiger partial charge >= 0.3 is 0 Å². The van der Waals surface area contributed by atoms with Crippen LogP contribution in [0.5, 0.6) is 0 Å². The molecule has 0 aliphatic carbocycles. The maximum absolute atomic E-state index is 15.3. The maximum Gasteiger partial charge on any atom is 0.211 e. The molecular formula is C27H33FN2O3S. The van der Waals surface area contributed by atoms with Crippen LogP contribution in [0.1, 0.15) is 50.7 Å². The SMILES string of the molecule is CCCCn1cc(S(=O)(=O)c2cc(C)cc(C)c2)c(=O)c2cc(F)c(N3CCC[C@H](C)C3)cc21. The number of hydrogen-bond acceptors (Lipinski definition) is 4. The molecule has 4 rings (SSSR count). The van der Waals surface area contributed by atoms with E-state index in [9.17, 15) is 13.2 Å². The van der Waals surface area contributed by atoms with Gasteiger partial charge in [-0.3, -0.25) is 4.79 Å². The largest absolute Gasteiger partial charge is 0.369 e. The van der Waals surface area contributed by atoms with Crippen LogP contribution in [0.2, 0.25) is 0 Å². The van der Waals surface area contributed by atoms with Gasteiger partial charge in [-0.05, 0) is 74.4 Å². The van der Waals surface area contributed by atoms with Gasteiger partial charge in [-0.15, -0.1) is 0 Å². The first-order valence-corrected chi connectivity index (χ1v) is 13.5. The molecule has 0 amide bonds. The summed E-state index contributed by atoms with van der Waals surface area (Å²) in [5, 5.41) is 0.105. The van der Waals surface area contributed by atoms with Crippen molar-refractivity contribution >= 4 is 26.4 Å². The van der Waals surface area contributed by atoms with Crippen molar-refractivity contribution < 1.29 is 12.8 Å². The van der Waals surface area contributed by atoms with Crippen molar-refractivity contribution in [2.75, 3.05) is 18.0 Å². The quantitative estimate of drug-likeness (QED) is 0.455. The van der Waals surface area contributed by atoms with Crippen LogP contribution < -0.4 is 10.3 Å². The second-order valence-corrected chi connectivity index (χ2v) is 11.6. The van der Waals surface area contributed by atoms with E-state index in [0.717, 1.165) is 49.9 Å². The Balaban J connectivity index is 1.94. The second-order valence-electron chi connectivity index (χ2n) is 9.71. The fraction of sp³-hybridized carbons (Fsp3) is 0.444.